The van der Waals surface area contributed by atoms with Crippen molar-refractivity contribution >= 4 is 0 Å². The molecule has 2 bridgehead atoms. The predicted octanol–water partition coefficient (Wildman–Crippen LogP) is 2.25. The molecule has 0 aromatic carbocycles. The van der Waals surface area contributed by atoms with E-state index in [0.717, 1.165) is 6.04 Å². The first-order valence-corrected chi connectivity index (χ1v) is 6.23. The molecular formula is C13H26N2. The molecule has 0 aromatic rings. The van der Waals surface area contributed by atoms with E-state index in [0.29, 0.717) is 23.0 Å². The lowest BCUT2D eigenvalue weighted by molar-refractivity contribution is 0.000941. The van der Waals surface area contributed by atoms with E-state index >= 15 is 0 Å². The van der Waals surface area contributed by atoms with Crippen molar-refractivity contribution in [2.45, 2.75) is 71.6 Å². The van der Waals surface area contributed by atoms with Gasteiger partial charge in [0.2, 0.25) is 0 Å². The predicted molar refractivity (Wildman–Crippen MR) is 65.0 cm³/mol. The molecule has 0 amide bonds. The molecule has 0 aromatic heterocycles. The third-order valence-electron chi connectivity index (χ3n) is 3.88. The second-order valence-electron chi connectivity index (χ2n) is 7.29. The standard InChI is InChI=1S/C13H26N2/c1-12(2,3)11-10-7-9(8-14-10)15(11)13(4,5)6/h9-11,14H,7-8H2,1-6H3. The Morgan fingerprint density at radius 2 is 1.67 bits per heavy atom. The molecule has 2 fully saturated rings. The Bertz CT molecular complexity index is 220. The summed E-state index contributed by atoms with van der Waals surface area (Å²) in [4.78, 5) is 2.76. The van der Waals surface area contributed by atoms with Gasteiger partial charge in [0.05, 0.1) is 0 Å². The Morgan fingerprint density at radius 1 is 1.07 bits per heavy atom. The Hall–Kier alpha value is -0.0800. The first-order chi connectivity index (χ1) is 6.71. The van der Waals surface area contributed by atoms with E-state index in [-0.39, 0.29) is 0 Å². The van der Waals surface area contributed by atoms with Crippen molar-refractivity contribution < 1.29 is 0 Å². The van der Waals surface area contributed by atoms with Crippen molar-refractivity contribution in [1.29, 1.82) is 0 Å². The molecule has 15 heavy (non-hydrogen) atoms. The molecule has 1 N–H and O–H groups in total. The summed E-state index contributed by atoms with van der Waals surface area (Å²) in [5, 5.41) is 3.67. The molecule has 0 spiro atoms. The van der Waals surface area contributed by atoms with Crippen LogP contribution in [0.15, 0.2) is 0 Å². The normalized spacial score (nSPS) is 37.6. The maximum atomic E-state index is 3.67. The minimum Gasteiger partial charge on any atom is -0.311 e. The molecule has 2 rings (SSSR count). The Morgan fingerprint density at radius 3 is 2.07 bits per heavy atom. The number of rotatable bonds is 0. The monoisotopic (exact) mass is 210 g/mol. The quantitative estimate of drug-likeness (QED) is 0.659. The van der Waals surface area contributed by atoms with Crippen LogP contribution >= 0.6 is 0 Å². The van der Waals surface area contributed by atoms with E-state index in [9.17, 15) is 0 Å². The van der Waals surface area contributed by atoms with Gasteiger partial charge >= 0.3 is 0 Å². The zero-order valence-electron chi connectivity index (χ0n) is 11.1. The van der Waals surface area contributed by atoms with Crippen LogP contribution in [0.5, 0.6) is 0 Å². The maximum Gasteiger partial charge on any atom is 0.0307 e. The minimum atomic E-state index is 0.305. The van der Waals surface area contributed by atoms with Crippen molar-refractivity contribution in [1.82, 2.24) is 10.2 Å². The van der Waals surface area contributed by atoms with Crippen LogP contribution in [0, 0.1) is 5.41 Å². The van der Waals surface area contributed by atoms with Crippen LogP contribution < -0.4 is 5.32 Å². The minimum absolute atomic E-state index is 0.305. The summed E-state index contributed by atoms with van der Waals surface area (Å²) in [5.74, 6) is 0. The van der Waals surface area contributed by atoms with Gasteiger partial charge in [-0.05, 0) is 32.6 Å². The SMILES string of the molecule is CC(C)(C)C1C2CC(CN2)N1C(C)(C)C. The molecule has 2 aliphatic heterocycles. The van der Waals surface area contributed by atoms with E-state index in [4.69, 9.17) is 0 Å². The number of hydrogen-bond donors (Lipinski definition) is 1. The van der Waals surface area contributed by atoms with Crippen molar-refractivity contribution in [2.75, 3.05) is 6.54 Å². The number of fused-ring (bicyclic) bond motifs is 2. The van der Waals surface area contributed by atoms with Crippen LogP contribution in [0.1, 0.15) is 48.0 Å². The summed E-state index contributed by atoms with van der Waals surface area (Å²) in [6.45, 7) is 15.4. The van der Waals surface area contributed by atoms with Crippen LogP contribution in [-0.4, -0.2) is 35.1 Å². The molecule has 2 nitrogen and oxygen atoms in total. The van der Waals surface area contributed by atoms with Crippen molar-refractivity contribution in [3.63, 3.8) is 0 Å². The summed E-state index contributed by atoms with van der Waals surface area (Å²) >= 11 is 0. The second kappa shape index (κ2) is 3.21. The van der Waals surface area contributed by atoms with E-state index in [1.807, 2.05) is 0 Å². The van der Waals surface area contributed by atoms with Crippen LogP contribution in [-0.2, 0) is 0 Å². The molecule has 0 radical (unpaired) electrons. The highest BCUT2D eigenvalue weighted by atomic mass is 15.3. The number of piperazine rings is 1. The summed E-state index contributed by atoms with van der Waals surface area (Å²) in [7, 11) is 0. The lowest BCUT2D eigenvalue weighted by atomic mass is 9.81. The lowest BCUT2D eigenvalue weighted by Gasteiger charge is -2.49. The van der Waals surface area contributed by atoms with E-state index in [1.165, 1.54) is 13.0 Å². The summed E-state index contributed by atoms with van der Waals surface area (Å²) in [5.41, 5.74) is 0.680. The summed E-state index contributed by atoms with van der Waals surface area (Å²) < 4.78 is 0. The Kier molecular flexibility index (Phi) is 2.44. The van der Waals surface area contributed by atoms with Gasteiger partial charge < -0.3 is 5.32 Å². The zero-order valence-corrected chi connectivity index (χ0v) is 11.1. The van der Waals surface area contributed by atoms with Gasteiger partial charge in [-0.25, -0.2) is 0 Å². The van der Waals surface area contributed by atoms with Gasteiger partial charge in [0.15, 0.2) is 0 Å². The van der Waals surface area contributed by atoms with Crippen molar-refractivity contribution in [2.24, 2.45) is 5.41 Å². The van der Waals surface area contributed by atoms with E-state index < -0.39 is 0 Å². The fraction of sp³-hybridized carbons (Fsp3) is 1.00. The number of nitrogens with zero attached hydrogens (tertiary/aromatic N) is 1. The Balaban J connectivity index is 2.28. The van der Waals surface area contributed by atoms with Gasteiger partial charge in [-0.2, -0.15) is 0 Å². The smallest absolute Gasteiger partial charge is 0.0307 e. The third kappa shape index (κ3) is 1.83. The van der Waals surface area contributed by atoms with Crippen molar-refractivity contribution in [3.05, 3.63) is 0 Å². The molecule has 3 unspecified atom stereocenters. The molecule has 2 saturated heterocycles. The van der Waals surface area contributed by atoms with Gasteiger partial charge in [0, 0.05) is 30.2 Å². The van der Waals surface area contributed by atoms with Crippen LogP contribution in [0.4, 0.5) is 0 Å². The highest BCUT2D eigenvalue weighted by Gasteiger charge is 2.53. The van der Waals surface area contributed by atoms with Gasteiger partial charge in [-0.3, -0.25) is 4.90 Å². The maximum absolute atomic E-state index is 3.67. The first-order valence-electron chi connectivity index (χ1n) is 6.23. The fourth-order valence-electron chi connectivity index (χ4n) is 3.61. The number of hydrogen-bond acceptors (Lipinski definition) is 2. The van der Waals surface area contributed by atoms with Gasteiger partial charge in [0.25, 0.3) is 0 Å². The molecule has 2 aliphatic rings. The average molecular weight is 210 g/mol. The van der Waals surface area contributed by atoms with Gasteiger partial charge in [-0.15, -0.1) is 0 Å². The molecular weight excluding hydrogens is 184 g/mol. The largest absolute Gasteiger partial charge is 0.311 e. The lowest BCUT2D eigenvalue weighted by Crippen LogP contribution is -2.62. The molecule has 0 saturated carbocycles. The van der Waals surface area contributed by atoms with Gasteiger partial charge in [0.1, 0.15) is 0 Å². The highest BCUT2D eigenvalue weighted by molar-refractivity contribution is 5.11. The van der Waals surface area contributed by atoms with Gasteiger partial charge in [-0.1, -0.05) is 20.8 Å². The average Bonchev–Trinajstić information content (AvgIpc) is 2.56. The number of nitrogens with one attached hydrogen (secondary N) is 1. The highest BCUT2D eigenvalue weighted by Crippen LogP contribution is 2.43. The number of likely N-dealkylation sites (tertiary alicyclic amines) is 1. The summed E-state index contributed by atoms with van der Waals surface area (Å²) in [6, 6.07) is 2.17. The molecule has 0 aliphatic carbocycles. The molecule has 2 heterocycles. The van der Waals surface area contributed by atoms with Crippen LogP contribution in [0.25, 0.3) is 0 Å². The van der Waals surface area contributed by atoms with E-state index in [2.05, 4.69) is 51.8 Å². The molecule has 2 heteroatoms. The fourth-order valence-corrected chi connectivity index (χ4v) is 3.61. The molecule has 88 valence electrons. The second-order valence-corrected chi connectivity index (χ2v) is 7.29. The van der Waals surface area contributed by atoms with Crippen molar-refractivity contribution in [3.8, 4) is 0 Å². The first kappa shape index (κ1) is 11.4. The molecule has 3 atom stereocenters. The zero-order chi connectivity index (χ0) is 11.4. The summed E-state index contributed by atoms with van der Waals surface area (Å²) in [6.07, 6.45) is 1.35. The topological polar surface area (TPSA) is 15.3 Å². The Labute approximate surface area is 94.4 Å². The van der Waals surface area contributed by atoms with Crippen LogP contribution in [0.2, 0.25) is 0 Å². The van der Waals surface area contributed by atoms with Crippen LogP contribution in [0.3, 0.4) is 0 Å². The third-order valence-corrected chi connectivity index (χ3v) is 3.88. The van der Waals surface area contributed by atoms with E-state index in [1.54, 1.807) is 0 Å².